The molecule has 0 radical (unpaired) electrons. The molecule has 7 rings (SSSR count). The summed E-state index contributed by atoms with van der Waals surface area (Å²) < 4.78 is 20.1. The molecule has 50 heavy (non-hydrogen) atoms. The fraction of sp³-hybridized carbons (Fsp3) is 0.375. The van der Waals surface area contributed by atoms with Gasteiger partial charge < -0.3 is 24.0 Å². The van der Waals surface area contributed by atoms with E-state index in [0.29, 0.717) is 44.1 Å². The van der Waals surface area contributed by atoms with E-state index in [4.69, 9.17) is 24.3 Å². The Hall–Kier alpha value is -5.09. The molecule has 3 aromatic carbocycles. The maximum atomic E-state index is 12.6. The van der Waals surface area contributed by atoms with Gasteiger partial charge in [-0.3, -0.25) is 9.58 Å². The van der Waals surface area contributed by atoms with Gasteiger partial charge in [-0.1, -0.05) is 72.8 Å². The SMILES string of the molecule is Cn1nc(-c2ccc(OCc3ccccc3)nc2OCc2ccccc2)c2cccc(N3CCC(N4CCN(C(=O)OC(C)(C)C)CC4)C3)c21. The van der Waals surface area contributed by atoms with Crippen LogP contribution in [0.5, 0.6) is 11.8 Å². The summed E-state index contributed by atoms with van der Waals surface area (Å²) in [5.74, 6) is 0.980. The molecular weight excluding hydrogens is 628 g/mol. The number of piperazine rings is 1. The van der Waals surface area contributed by atoms with Crippen molar-refractivity contribution in [1.29, 1.82) is 0 Å². The molecule has 10 nitrogen and oxygen atoms in total. The molecule has 2 saturated heterocycles. The lowest BCUT2D eigenvalue weighted by molar-refractivity contribution is 0.0112. The van der Waals surface area contributed by atoms with Gasteiger partial charge in [-0.25, -0.2) is 4.79 Å². The van der Waals surface area contributed by atoms with Gasteiger partial charge in [0.15, 0.2) is 0 Å². The molecule has 10 heteroatoms. The normalized spacial score (nSPS) is 16.9. The van der Waals surface area contributed by atoms with E-state index < -0.39 is 5.60 Å². The van der Waals surface area contributed by atoms with Gasteiger partial charge in [0, 0.05) is 63.8 Å². The molecule has 0 aliphatic carbocycles. The van der Waals surface area contributed by atoms with Crippen molar-refractivity contribution in [2.75, 3.05) is 44.2 Å². The van der Waals surface area contributed by atoms with Gasteiger partial charge in [-0.15, -0.1) is 0 Å². The van der Waals surface area contributed by atoms with E-state index in [1.165, 1.54) is 5.69 Å². The summed E-state index contributed by atoms with van der Waals surface area (Å²) in [4.78, 5) is 24.3. The Morgan fingerprint density at radius 1 is 0.800 bits per heavy atom. The fourth-order valence-electron chi connectivity index (χ4n) is 6.88. The summed E-state index contributed by atoms with van der Waals surface area (Å²) in [6.45, 7) is 11.5. The second kappa shape index (κ2) is 14.4. The molecule has 2 aliphatic heterocycles. The van der Waals surface area contributed by atoms with Gasteiger partial charge in [0.05, 0.1) is 16.8 Å². The van der Waals surface area contributed by atoms with Crippen LogP contribution in [0.3, 0.4) is 0 Å². The molecule has 4 heterocycles. The van der Waals surface area contributed by atoms with Crippen molar-refractivity contribution in [3.05, 3.63) is 102 Å². The van der Waals surface area contributed by atoms with Crippen LogP contribution in [0.4, 0.5) is 10.5 Å². The summed E-state index contributed by atoms with van der Waals surface area (Å²) in [6.07, 6.45) is 0.849. The van der Waals surface area contributed by atoms with Crippen LogP contribution in [0.1, 0.15) is 38.3 Å². The van der Waals surface area contributed by atoms with E-state index in [-0.39, 0.29) is 6.09 Å². The first-order chi connectivity index (χ1) is 24.2. The number of hydrogen-bond donors (Lipinski definition) is 0. The number of para-hydroxylation sites is 1. The first kappa shape index (κ1) is 33.4. The molecule has 0 bridgehead atoms. The number of carbonyl (C=O) groups is 1. The number of anilines is 1. The highest BCUT2D eigenvalue weighted by Gasteiger charge is 2.33. The number of amides is 1. The summed E-state index contributed by atoms with van der Waals surface area (Å²) >= 11 is 0. The molecule has 0 saturated carbocycles. The largest absolute Gasteiger partial charge is 0.473 e. The van der Waals surface area contributed by atoms with Crippen molar-refractivity contribution in [2.24, 2.45) is 7.05 Å². The van der Waals surface area contributed by atoms with Crippen LogP contribution < -0.4 is 14.4 Å². The van der Waals surface area contributed by atoms with Crippen molar-refractivity contribution >= 4 is 22.7 Å². The predicted molar refractivity (Wildman–Crippen MR) is 195 cm³/mol. The van der Waals surface area contributed by atoms with Crippen LogP contribution in [-0.4, -0.2) is 81.6 Å². The zero-order valence-electron chi connectivity index (χ0n) is 29.4. The van der Waals surface area contributed by atoms with Gasteiger partial charge in [0.2, 0.25) is 11.8 Å². The first-order valence-corrected chi connectivity index (χ1v) is 17.5. The van der Waals surface area contributed by atoms with Gasteiger partial charge in [-0.2, -0.15) is 10.1 Å². The minimum Gasteiger partial charge on any atom is -0.473 e. The number of carbonyl (C=O) groups excluding carboxylic acids is 1. The number of aromatic nitrogens is 3. The molecule has 5 aromatic rings. The van der Waals surface area contributed by atoms with Crippen molar-refractivity contribution in [3.63, 3.8) is 0 Å². The number of fused-ring (bicyclic) bond motifs is 1. The highest BCUT2D eigenvalue weighted by molar-refractivity contribution is 6.01. The molecule has 0 spiro atoms. The quantitative estimate of drug-likeness (QED) is 0.167. The molecule has 1 amide bonds. The van der Waals surface area contributed by atoms with Gasteiger partial charge in [0.1, 0.15) is 24.5 Å². The van der Waals surface area contributed by atoms with Crippen LogP contribution in [0.2, 0.25) is 0 Å². The topological polar surface area (TPSA) is 85.2 Å². The number of benzene rings is 3. The monoisotopic (exact) mass is 674 g/mol. The molecule has 1 atom stereocenters. The summed E-state index contributed by atoms with van der Waals surface area (Å²) in [5, 5.41) is 6.10. The Labute approximate surface area is 294 Å². The summed E-state index contributed by atoms with van der Waals surface area (Å²) in [5.41, 5.74) is 5.53. The molecule has 2 aliphatic rings. The van der Waals surface area contributed by atoms with Crippen LogP contribution in [0.15, 0.2) is 91.0 Å². The molecule has 1 unspecified atom stereocenters. The third kappa shape index (κ3) is 7.55. The second-order valence-corrected chi connectivity index (χ2v) is 14.1. The third-order valence-electron chi connectivity index (χ3n) is 9.37. The lowest BCUT2D eigenvalue weighted by Crippen LogP contribution is -2.53. The predicted octanol–water partition coefficient (Wildman–Crippen LogP) is 6.92. The van der Waals surface area contributed by atoms with Crippen LogP contribution >= 0.6 is 0 Å². The van der Waals surface area contributed by atoms with E-state index in [2.05, 4.69) is 28.0 Å². The van der Waals surface area contributed by atoms with E-state index in [9.17, 15) is 4.79 Å². The smallest absolute Gasteiger partial charge is 0.410 e. The highest BCUT2D eigenvalue weighted by Crippen LogP contribution is 2.39. The first-order valence-electron chi connectivity index (χ1n) is 17.5. The Bertz CT molecular complexity index is 1920. The Morgan fingerprint density at radius 3 is 2.16 bits per heavy atom. The minimum atomic E-state index is -0.486. The molecular formula is C40H46N6O4. The highest BCUT2D eigenvalue weighted by atomic mass is 16.6. The summed E-state index contributed by atoms with van der Waals surface area (Å²) in [6, 6.07) is 30.9. The maximum Gasteiger partial charge on any atom is 0.410 e. The minimum absolute atomic E-state index is 0.220. The molecule has 2 fully saturated rings. The van der Waals surface area contributed by atoms with Crippen molar-refractivity contribution in [1.82, 2.24) is 24.6 Å². The van der Waals surface area contributed by atoms with Crippen molar-refractivity contribution in [2.45, 2.75) is 52.0 Å². The lowest BCUT2D eigenvalue weighted by atomic mass is 10.1. The maximum absolute atomic E-state index is 12.6. The average Bonchev–Trinajstić information content (AvgIpc) is 3.75. The Kier molecular flexibility index (Phi) is 9.63. The van der Waals surface area contributed by atoms with Crippen molar-refractivity contribution < 1.29 is 19.0 Å². The molecule has 2 aromatic heterocycles. The standard InChI is InChI=1S/C40H46N6O4/c1-40(2,3)50-39(47)45-24-22-44(23-25-45)31-20-21-46(26-31)34-17-11-16-32-36(42-43(4)37(32)34)33-18-19-35(48-27-29-12-7-5-8-13-29)41-38(33)49-28-30-14-9-6-10-15-30/h5-19,31H,20-28H2,1-4H3. The van der Waals surface area contributed by atoms with Gasteiger partial charge in [-0.05, 0) is 50.5 Å². The van der Waals surface area contributed by atoms with Crippen LogP contribution in [0, 0.1) is 0 Å². The van der Waals surface area contributed by atoms with E-state index >= 15 is 0 Å². The second-order valence-electron chi connectivity index (χ2n) is 14.1. The third-order valence-corrected chi connectivity index (χ3v) is 9.37. The lowest BCUT2D eigenvalue weighted by Gasteiger charge is -2.38. The number of rotatable bonds is 9. The number of aryl methyl sites for hydroxylation is 1. The Balaban J connectivity index is 1.11. The zero-order valence-corrected chi connectivity index (χ0v) is 29.4. The van der Waals surface area contributed by atoms with Crippen LogP contribution in [0.25, 0.3) is 22.2 Å². The Morgan fingerprint density at radius 2 is 1.48 bits per heavy atom. The number of ether oxygens (including phenoxy) is 3. The number of hydrogen-bond acceptors (Lipinski definition) is 8. The molecule has 260 valence electrons. The van der Waals surface area contributed by atoms with Crippen LogP contribution in [-0.2, 0) is 25.0 Å². The summed E-state index contributed by atoms with van der Waals surface area (Å²) in [7, 11) is 2.01. The van der Waals surface area contributed by atoms with Gasteiger partial charge in [0.25, 0.3) is 0 Å². The van der Waals surface area contributed by atoms with Crippen molar-refractivity contribution in [3.8, 4) is 23.0 Å². The fourth-order valence-corrected chi connectivity index (χ4v) is 6.88. The van der Waals surface area contributed by atoms with Gasteiger partial charge >= 0.3 is 6.09 Å². The van der Waals surface area contributed by atoms with E-state index in [1.807, 2.05) is 110 Å². The van der Waals surface area contributed by atoms with E-state index in [0.717, 1.165) is 65.9 Å². The van der Waals surface area contributed by atoms with E-state index in [1.54, 1.807) is 0 Å². The molecule has 0 N–H and O–H groups in total. The zero-order chi connectivity index (χ0) is 34.7. The number of pyridine rings is 1. The average molecular weight is 675 g/mol. The number of nitrogens with zero attached hydrogens (tertiary/aromatic N) is 6.